The molecule has 208 valence electrons. The Bertz CT molecular complexity index is 1300. The van der Waals surface area contributed by atoms with Gasteiger partial charge in [0.15, 0.2) is 11.0 Å². The highest BCUT2D eigenvalue weighted by Gasteiger charge is 2.29. The van der Waals surface area contributed by atoms with Crippen LogP contribution in [0.3, 0.4) is 0 Å². The number of thioether (sulfide) groups is 1. The van der Waals surface area contributed by atoms with Gasteiger partial charge in [-0.25, -0.2) is 0 Å². The molecule has 0 aliphatic carbocycles. The zero-order chi connectivity index (χ0) is 27.9. The van der Waals surface area contributed by atoms with Gasteiger partial charge in [0, 0.05) is 49.8 Å². The Labute approximate surface area is 244 Å². The molecule has 0 bridgehead atoms. The van der Waals surface area contributed by atoms with Crippen molar-refractivity contribution >= 4 is 46.8 Å². The Morgan fingerprint density at radius 2 is 1.72 bits per heavy atom. The number of rotatable bonds is 10. The minimum atomic E-state index is 0.0476. The highest BCUT2D eigenvalue weighted by atomic mass is 35.5. The summed E-state index contributed by atoms with van der Waals surface area (Å²) in [5, 5.41) is 10.6. The van der Waals surface area contributed by atoms with E-state index in [1.807, 2.05) is 64.6 Å². The van der Waals surface area contributed by atoms with Crippen LogP contribution in [0, 0.1) is 6.92 Å². The summed E-state index contributed by atoms with van der Waals surface area (Å²) in [6.07, 6.45) is 3.67. The first-order valence-corrected chi connectivity index (χ1v) is 15.2. The van der Waals surface area contributed by atoms with Crippen LogP contribution in [0.15, 0.2) is 47.6 Å². The van der Waals surface area contributed by atoms with Crippen LogP contribution in [0.5, 0.6) is 0 Å². The van der Waals surface area contributed by atoms with Gasteiger partial charge in [-0.2, -0.15) is 0 Å². The number of aryl methyl sites for hydroxylation is 1. The molecule has 1 aliphatic rings. The topological polar surface area (TPSA) is 71.3 Å². The van der Waals surface area contributed by atoms with Gasteiger partial charge in [0.25, 0.3) is 0 Å². The van der Waals surface area contributed by atoms with Crippen LogP contribution < -0.4 is 0 Å². The van der Waals surface area contributed by atoms with Crippen LogP contribution >= 0.6 is 35.0 Å². The van der Waals surface area contributed by atoms with Gasteiger partial charge in [0.1, 0.15) is 0 Å². The Hall–Kier alpha value is -2.55. The van der Waals surface area contributed by atoms with Crippen molar-refractivity contribution in [2.24, 2.45) is 0 Å². The van der Waals surface area contributed by atoms with E-state index >= 15 is 0 Å². The first kappa shape index (κ1) is 29.4. The molecule has 1 saturated heterocycles. The molecule has 1 aliphatic heterocycles. The van der Waals surface area contributed by atoms with Crippen LogP contribution in [-0.2, 0) is 9.59 Å². The maximum absolute atomic E-state index is 12.9. The van der Waals surface area contributed by atoms with E-state index in [1.165, 1.54) is 0 Å². The summed E-state index contributed by atoms with van der Waals surface area (Å²) in [7, 11) is 0. The zero-order valence-electron chi connectivity index (χ0n) is 22.7. The largest absolute Gasteiger partial charge is 0.339 e. The summed E-state index contributed by atoms with van der Waals surface area (Å²) in [5.74, 6) is 1.76. The van der Waals surface area contributed by atoms with E-state index in [4.69, 9.17) is 23.2 Å². The standard InChI is InChI=1S/C29H35Cl2N5O2S/c1-4-5-7-27(38)35-16-15-34(19-21(35)3)26(37)8-6-17-39-29-33-32-28(22-11-9-20(2)10-12-22)36(29)23-13-14-24(30)25(31)18-23/h9-14,18,21H,4-8,15-17,19H2,1-3H3. The van der Waals surface area contributed by atoms with Crippen molar-refractivity contribution < 1.29 is 9.59 Å². The molecule has 39 heavy (non-hydrogen) atoms. The van der Waals surface area contributed by atoms with E-state index in [2.05, 4.69) is 17.1 Å². The van der Waals surface area contributed by atoms with E-state index in [0.717, 1.165) is 34.8 Å². The Kier molecular flexibility index (Phi) is 10.3. The number of halogens is 2. The van der Waals surface area contributed by atoms with E-state index in [0.29, 0.717) is 60.5 Å². The molecular weight excluding hydrogens is 553 g/mol. The van der Waals surface area contributed by atoms with E-state index in [-0.39, 0.29) is 17.9 Å². The number of aromatic nitrogens is 3. The molecule has 2 amide bonds. The summed E-state index contributed by atoms with van der Waals surface area (Å²) >= 11 is 14.1. The van der Waals surface area contributed by atoms with Crippen LogP contribution in [-0.4, -0.2) is 67.8 Å². The number of unbranched alkanes of at least 4 members (excludes halogenated alkanes) is 1. The average Bonchev–Trinajstić information content (AvgIpc) is 3.35. The van der Waals surface area contributed by atoms with Crippen molar-refractivity contribution in [3.63, 3.8) is 0 Å². The number of nitrogens with zero attached hydrogens (tertiary/aromatic N) is 5. The minimum absolute atomic E-state index is 0.0476. The smallest absolute Gasteiger partial charge is 0.222 e. The Morgan fingerprint density at radius 1 is 0.974 bits per heavy atom. The molecule has 0 N–H and O–H groups in total. The monoisotopic (exact) mass is 587 g/mol. The highest BCUT2D eigenvalue weighted by Crippen LogP contribution is 2.32. The van der Waals surface area contributed by atoms with E-state index in [9.17, 15) is 9.59 Å². The number of amides is 2. The van der Waals surface area contributed by atoms with Gasteiger partial charge in [-0.15, -0.1) is 10.2 Å². The van der Waals surface area contributed by atoms with Crippen molar-refractivity contribution in [2.75, 3.05) is 25.4 Å². The van der Waals surface area contributed by atoms with Crippen LogP contribution in [0.25, 0.3) is 17.1 Å². The second-order valence-corrected chi connectivity index (χ2v) is 11.8. The Morgan fingerprint density at radius 3 is 2.41 bits per heavy atom. The van der Waals surface area contributed by atoms with Gasteiger partial charge >= 0.3 is 0 Å². The second-order valence-electron chi connectivity index (χ2n) is 9.94. The number of carbonyl (C=O) groups is 2. The third kappa shape index (κ3) is 7.35. The van der Waals surface area contributed by atoms with Crippen molar-refractivity contribution in [1.82, 2.24) is 24.6 Å². The lowest BCUT2D eigenvalue weighted by Crippen LogP contribution is -2.55. The fourth-order valence-corrected chi connectivity index (χ4v) is 5.86. The summed E-state index contributed by atoms with van der Waals surface area (Å²) in [6, 6.07) is 13.7. The molecule has 1 unspecified atom stereocenters. The summed E-state index contributed by atoms with van der Waals surface area (Å²) in [6.45, 7) is 7.96. The molecule has 10 heteroatoms. The van der Waals surface area contributed by atoms with Crippen LogP contribution in [0.2, 0.25) is 10.0 Å². The number of piperazine rings is 1. The molecule has 1 fully saturated rings. The van der Waals surface area contributed by atoms with Crippen molar-refractivity contribution in [3.05, 3.63) is 58.1 Å². The normalized spacial score (nSPS) is 15.6. The van der Waals surface area contributed by atoms with E-state index in [1.54, 1.807) is 17.8 Å². The Balaban J connectivity index is 1.38. The minimum Gasteiger partial charge on any atom is -0.339 e. The SMILES string of the molecule is CCCCC(=O)N1CCN(C(=O)CCCSc2nnc(-c3ccc(C)cc3)n2-c2ccc(Cl)c(Cl)c2)CC1C. The summed E-state index contributed by atoms with van der Waals surface area (Å²) < 4.78 is 1.98. The van der Waals surface area contributed by atoms with Gasteiger partial charge < -0.3 is 9.80 Å². The number of carbonyl (C=O) groups excluding carboxylic acids is 2. The predicted octanol–water partition coefficient (Wildman–Crippen LogP) is 6.67. The van der Waals surface area contributed by atoms with Crippen LogP contribution in [0.4, 0.5) is 0 Å². The number of benzene rings is 2. The van der Waals surface area contributed by atoms with Crippen molar-refractivity contribution in [1.29, 1.82) is 0 Å². The molecule has 1 aromatic heterocycles. The lowest BCUT2D eigenvalue weighted by atomic mass is 10.1. The molecule has 7 nitrogen and oxygen atoms in total. The van der Waals surface area contributed by atoms with Crippen molar-refractivity contribution in [3.8, 4) is 17.1 Å². The molecule has 2 aromatic carbocycles. The first-order chi connectivity index (χ1) is 18.8. The maximum Gasteiger partial charge on any atom is 0.222 e. The summed E-state index contributed by atoms with van der Waals surface area (Å²) in [5.41, 5.74) is 2.93. The first-order valence-electron chi connectivity index (χ1n) is 13.5. The van der Waals surface area contributed by atoms with Gasteiger partial charge in [0.2, 0.25) is 11.8 Å². The van der Waals surface area contributed by atoms with Gasteiger partial charge in [-0.05, 0) is 44.9 Å². The molecular formula is C29H35Cl2N5O2S. The molecule has 2 heterocycles. The molecule has 0 saturated carbocycles. The van der Waals surface area contributed by atoms with Gasteiger partial charge in [-0.1, -0.05) is 78.1 Å². The van der Waals surface area contributed by atoms with Crippen LogP contribution in [0.1, 0.15) is 51.5 Å². The highest BCUT2D eigenvalue weighted by molar-refractivity contribution is 7.99. The maximum atomic E-state index is 12.9. The molecule has 0 spiro atoms. The second kappa shape index (κ2) is 13.7. The lowest BCUT2D eigenvalue weighted by Gasteiger charge is -2.40. The zero-order valence-corrected chi connectivity index (χ0v) is 25.0. The fraction of sp³-hybridized carbons (Fsp3) is 0.448. The molecule has 0 radical (unpaired) electrons. The third-order valence-electron chi connectivity index (χ3n) is 6.92. The number of hydrogen-bond acceptors (Lipinski definition) is 5. The van der Waals surface area contributed by atoms with Gasteiger partial charge in [0.05, 0.1) is 15.7 Å². The molecule has 1 atom stereocenters. The number of hydrogen-bond donors (Lipinski definition) is 0. The van der Waals surface area contributed by atoms with E-state index < -0.39 is 0 Å². The van der Waals surface area contributed by atoms with Crippen molar-refractivity contribution in [2.45, 2.75) is 64.1 Å². The quantitative estimate of drug-likeness (QED) is 0.195. The fourth-order valence-electron chi connectivity index (χ4n) is 4.68. The molecule has 3 aromatic rings. The summed E-state index contributed by atoms with van der Waals surface area (Å²) in [4.78, 5) is 29.2. The predicted molar refractivity (Wildman–Crippen MR) is 159 cm³/mol. The lowest BCUT2D eigenvalue weighted by molar-refractivity contribution is -0.142. The van der Waals surface area contributed by atoms with Gasteiger partial charge in [-0.3, -0.25) is 14.2 Å². The third-order valence-corrected chi connectivity index (χ3v) is 8.67. The average molecular weight is 589 g/mol. The molecule has 4 rings (SSSR count).